The highest BCUT2D eigenvalue weighted by molar-refractivity contribution is 6.06. The van der Waals surface area contributed by atoms with Crippen molar-refractivity contribution in [1.29, 1.82) is 0 Å². The van der Waals surface area contributed by atoms with E-state index < -0.39 is 0 Å². The van der Waals surface area contributed by atoms with Crippen molar-refractivity contribution in [3.05, 3.63) is 78.1 Å². The first kappa shape index (κ1) is 23.5. The molecule has 0 atom stereocenters. The fourth-order valence-electron chi connectivity index (χ4n) is 4.22. The topological polar surface area (TPSA) is 92.8 Å². The summed E-state index contributed by atoms with van der Waals surface area (Å²) in [6, 6.07) is 13.8. The Hall–Kier alpha value is -4.27. The number of nitrogens with one attached hydrogen (secondary N) is 1. The lowest BCUT2D eigenvalue weighted by atomic mass is 10.1. The van der Waals surface area contributed by atoms with Crippen LogP contribution in [0.3, 0.4) is 0 Å². The highest BCUT2D eigenvalue weighted by Gasteiger charge is 2.21. The molecule has 0 aliphatic carbocycles. The zero-order valence-corrected chi connectivity index (χ0v) is 20.4. The second kappa shape index (κ2) is 9.77. The van der Waals surface area contributed by atoms with Gasteiger partial charge < -0.3 is 9.32 Å². The third-order valence-electron chi connectivity index (χ3n) is 6.10. The molecule has 0 aliphatic rings. The number of furan rings is 1. The highest BCUT2D eigenvalue weighted by Crippen LogP contribution is 2.27. The first-order chi connectivity index (χ1) is 17.4. The molecule has 0 aliphatic heterocycles. The summed E-state index contributed by atoms with van der Waals surface area (Å²) in [6.07, 6.45) is 4.73. The van der Waals surface area contributed by atoms with Crippen molar-refractivity contribution in [3.8, 4) is 22.7 Å². The molecule has 5 rings (SSSR count). The van der Waals surface area contributed by atoms with E-state index in [1.54, 1.807) is 42.6 Å². The van der Waals surface area contributed by atoms with Crippen molar-refractivity contribution in [1.82, 2.24) is 29.9 Å². The fourth-order valence-corrected chi connectivity index (χ4v) is 4.22. The van der Waals surface area contributed by atoms with Gasteiger partial charge in [-0.25, -0.2) is 14.1 Å². The number of carbonyl (C=O) groups is 1. The van der Waals surface area contributed by atoms with Crippen LogP contribution in [0.15, 0.2) is 65.4 Å². The number of pyridine rings is 1. The molecule has 0 bridgehead atoms. The number of aryl methyl sites for hydroxylation is 1. The minimum Gasteiger partial charge on any atom is -0.463 e. The minimum absolute atomic E-state index is 0.0919. The Bertz CT molecular complexity index is 1500. The van der Waals surface area contributed by atoms with Gasteiger partial charge in [-0.15, -0.1) is 0 Å². The molecule has 184 valence electrons. The molecule has 1 aromatic carbocycles. The lowest BCUT2D eigenvalue weighted by Crippen LogP contribution is -2.28. The van der Waals surface area contributed by atoms with Gasteiger partial charge in [0.2, 0.25) is 0 Å². The molecule has 4 aromatic heterocycles. The summed E-state index contributed by atoms with van der Waals surface area (Å²) in [7, 11) is 1.79. The summed E-state index contributed by atoms with van der Waals surface area (Å²) in [5.41, 5.74) is 4.13. The minimum atomic E-state index is -0.295. The van der Waals surface area contributed by atoms with Gasteiger partial charge >= 0.3 is 0 Å². The summed E-state index contributed by atoms with van der Waals surface area (Å²) >= 11 is 0. The number of hydrogen-bond donors (Lipinski definition) is 1. The average molecular weight is 487 g/mol. The van der Waals surface area contributed by atoms with Gasteiger partial charge in [-0.1, -0.05) is 12.1 Å². The van der Waals surface area contributed by atoms with E-state index in [0.29, 0.717) is 46.7 Å². The van der Waals surface area contributed by atoms with E-state index >= 15 is 0 Å². The van der Waals surface area contributed by atoms with Gasteiger partial charge in [-0.3, -0.25) is 9.89 Å². The van der Waals surface area contributed by atoms with E-state index in [2.05, 4.69) is 15.3 Å². The predicted octanol–water partition coefficient (Wildman–Crippen LogP) is 5.51. The standard InChI is InChI=1S/C27H27FN6O2/c1-17(2)34-26-22(16-29-34)21(15-24(30-26)25-10-6-12-36-25)27(35)33(3)11-5-9-20-14-23(32-31-20)18-7-4-8-19(28)13-18/h4,6-8,10,12-17H,5,9,11H2,1-3H3,(H,31,32). The Morgan fingerprint density at radius 3 is 2.78 bits per heavy atom. The maximum absolute atomic E-state index is 13.5. The molecule has 9 heteroatoms. The zero-order valence-electron chi connectivity index (χ0n) is 20.4. The molecule has 0 unspecified atom stereocenters. The van der Waals surface area contributed by atoms with Gasteiger partial charge in [-0.05, 0) is 63.1 Å². The molecule has 0 saturated heterocycles. The molecule has 36 heavy (non-hydrogen) atoms. The van der Waals surface area contributed by atoms with Crippen molar-refractivity contribution in [2.24, 2.45) is 0 Å². The summed E-state index contributed by atoms with van der Waals surface area (Å²) < 4.78 is 20.9. The Morgan fingerprint density at radius 2 is 2.03 bits per heavy atom. The molecular formula is C27H27FN6O2. The lowest BCUT2D eigenvalue weighted by molar-refractivity contribution is 0.0795. The van der Waals surface area contributed by atoms with Crippen molar-refractivity contribution in [2.75, 3.05) is 13.6 Å². The predicted molar refractivity (Wildman–Crippen MR) is 135 cm³/mol. The van der Waals surface area contributed by atoms with Crippen molar-refractivity contribution in [3.63, 3.8) is 0 Å². The molecule has 0 saturated carbocycles. The highest BCUT2D eigenvalue weighted by atomic mass is 19.1. The molecule has 0 fully saturated rings. The molecule has 0 radical (unpaired) electrons. The van der Waals surface area contributed by atoms with E-state index in [1.807, 2.05) is 36.7 Å². The number of nitrogens with zero attached hydrogens (tertiary/aromatic N) is 5. The summed E-state index contributed by atoms with van der Waals surface area (Å²) in [4.78, 5) is 19.9. The third-order valence-corrected chi connectivity index (χ3v) is 6.10. The molecule has 1 N–H and O–H groups in total. The molecule has 5 aromatic rings. The first-order valence-corrected chi connectivity index (χ1v) is 11.9. The molecule has 8 nitrogen and oxygen atoms in total. The van der Waals surface area contributed by atoms with Gasteiger partial charge in [0, 0.05) is 30.9 Å². The van der Waals surface area contributed by atoms with E-state index in [-0.39, 0.29) is 17.8 Å². The summed E-state index contributed by atoms with van der Waals surface area (Å²) in [6.45, 7) is 4.60. The van der Waals surface area contributed by atoms with Gasteiger partial charge in [0.1, 0.15) is 11.5 Å². The average Bonchev–Trinajstić information content (AvgIpc) is 3.63. The van der Waals surface area contributed by atoms with Crippen LogP contribution in [-0.4, -0.2) is 49.4 Å². The monoisotopic (exact) mass is 486 g/mol. The van der Waals surface area contributed by atoms with E-state index in [4.69, 9.17) is 9.40 Å². The maximum atomic E-state index is 13.5. The van der Waals surface area contributed by atoms with E-state index in [9.17, 15) is 9.18 Å². The summed E-state index contributed by atoms with van der Waals surface area (Å²) in [5, 5.41) is 12.5. The van der Waals surface area contributed by atoms with Crippen LogP contribution in [0, 0.1) is 5.82 Å². The van der Waals surface area contributed by atoms with Crippen LogP contribution < -0.4 is 0 Å². The molecule has 4 heterocycles. The van der Waals surface area contributed by atoms with Crippen molar-refractivity contribution in [2.45, 2.75) is 32.7 Å². The lowest BCUT2D eigenvalue weighted by Gasteiger charge is -2.18. The number of fused-ring (bicyclic) bond motifs is 1. The van der Waals surface area contributed by atoms with Crippen LogP contribution in [0.1, 0.15) is 42.4 Å². The smallest absolute Gasteiger partial charge is 0.254 e. The normalized spacial score (nSPS) is 11.5. The Balaban J connectivity index is 1.32. The summed E-state index contributed by atoms with van der Waals surface area (Å²) in [5.74, 6) is 0.193. The molecule has 1 amide bonds. The number of amides is 1. The van der Waals surface area contributed by atoms with Crippen LogP contribution in [-0.2, 0) is 6.42 Å². The SMILES string of the molecule is CC(C)n1ncc2c(C(=O)N(C)CCCc3cc(-c4cccc(F)c4)n[nH]3)cc(-c3ccco3)nc21. The van der Waals surface area contributed by atoms with Crippen LogP contribution in [0.5, 0.6) is 0 Å². The Labute approximate surface area is 207 Å². The largest absolute Gasteiger partial charge is 0.463 e. The number of carbonyl (C=O) groups excluding carboxylic acids is 1. The second-order valence-corrected chi connectivity index (χ2v) is 9.07. The van der Waals surface area contributed by atoms with Crippen LogP contribution >= 0.6 is 0 Å². The first-order valence-electron chi connectivity index (χ1n) is 11.9. The quantitative estimate of drug-likeness (QED) is 0.312. The Morgan fingerprint density at radius 1 is 1.17 bits per heavy atom. The van der Waals surface area contributed by atoms with Crippen LogP contribution in [0.4, 0.5) is 4.39 Å². The number of hydrogen-bond acceptors (Lipinski definition) is 5. The van der Waals surface area contributed by atoms with Gasteiger partial charge in [0.15, 0.2) is 11.4 Å². The van der Waals surface area contributed by atoms with Crippen LogP contribution in [0.2, 0.25) is 0 Å². The van der Waals surface area contributed by atoms with E-state index in [1.165, 1.54) is 12.1 Å². The maximum Gasteiger partial charge on any atom is 0.254 e. The van der Waals surface area contributed by atoms with Crippen molar-refractivity contribution >= 4 is 16.9 Å². The Kier molecular flexibility index (Phi) is 6.37. The third kappa shape index (κ3) is 4.64. The van der Waals surface area contributed by atoms with Crippen molar-refractivity contribution < 1.29 is 13.6 Å². The number of benzene rings is 1. The van der Waals surface area contributed by atoms with Gasteiger partial charge in [0.05, 0.1) is 29.1 Å². The zero-order chi connectivity index (χ0) is 25.2. The van der Waals surface area contributed by atoms with Crippen LogP contribution in [0.25, 0.3) is 33.7 Å². The molecule has 0 spiro atoms. The van der Waals surface area contributed by atoms with Gasteiger partial charge in [-0.2, -0.15) is 10.2 Å². The second-order valence-electron chi connectivity index (χ2n) is 9.07. The molecular weight excluding hydrogens is 459 g/mol. The fraction of sp³-hybridized carbons (Fsp3) is 0.259. The number of rotatable bonds is 8. The number of halogens is 1. The van der Waals surface area contributed by atoms with E-state index in [0.717, 1.165) is 17.7 Å². The number of aromatic nitrogens is 5. The number of H-pyrrole nitrogens is 1. The van der Waals surface area contributed by atoms with Gasteiger partial charge in [0.25, 0.3) is 5.91 Å². The number of aromatic amines is 1.